The van der Waals surface area contributed by atoms with Gasteiger partial charge in [-0.1, -0.05) is 13.8 Å². The van der Waals surface area contributed by atoms with E-state index in [4.69, 9.17) is 0 Å². The van der Waals surface area contributed by atoms with Gasteiger partial charge in [0, 0.05) is 36.3 Å². The molecular formula is C22H25N7O2S. The molecule has 0 bridgehead atoms. The van der Waals surface area contributed by atoms with E-state index in [0.29, 0.717) is 30.5 Å². The maximum atomic E-state index is 11.3. The summed E-state index contributed by atoms with van der Waals surface area (Å²) in [4.78, 5) is 9.19. The summed E-state index contributed by atoms with van der Waals surface area (Å²) in [6.45, 7) is 4.75. The Morgan fingerprint density at radius 2 is 1.88 bits per heavy atom. The Morgan fingerprint density at radius 3 is 2.66 bits per heavy atom. The van der Waals surface area contributed by atoms with Crippen LogP contribution in [0.15, 0.2) is 49.1 Å². The van der Waals surface area contributed by atoms with Crippen molar-refractivity contribution < 1.29 is 8.42 Å². The fourth-order valence-electron chi connectivity index (χ4n) is 3.25. The van der Waals surface area contributed by atoms with Crippen LogP contribution in [0.2, 0.25) is 0 Å². The number of aryl methyl sites for hydroxylation is 1. The van der Waals surface area contributed by atoms with Crippen molar-refractivity contribution in [3.63, 3.8) is 0 Å². The van der Waals surface area contributed by atoms with E-state index in [9.17, 15) is 8.42 Å². The first kappa shape index (κ1) is 21.8. The first-order valence-corrected chi connectivity index (χ1v) is 12.4. The zero-order chi connectivity index (χ0) is 22.7. The summed E-state index contributed by atoms with van der Waals surface area (Å²) in [6, 6.07) is 7.69. The fourth-order valence-corrected chi connectivity index (χ4v) is 3.90. The van der Waals surface area contributed by atoms with Crippen LogP contribution in [0.4, 0.5) is 11.6 Å². The van der Waals surface area contributed by atoms with Gasteiger partial charge in [0.1, 0.15) is 15.7 Å². The van der Waals surface area contributed by atoms with Gasteiger partial charge in [0.05, 0.1) is 29.2 Å². The van der Waals surface area contributed by atoms with Gasteiger partial charge in [-0.2, -0.15) is 10.2 Å². The molecule has 0 radical (unpaired) electrons. The third kappa shape index (κ3) is 5.44. The predicted molar refractivity (Wildman–Crippen MR) is 124 cm³/mol. The summed E-state index contributed by atoms with van der Waals surface area (Å²) < 4.78 is 24.4. The summed E-state index contributed by atoms with van der Waals surface area (Å²) in [7, 11) is -2.97. The number of hydrogen-bond acceptors (Lipinski definition) is 8. The summed E-state index contributed by atoms with van der Waals surface area (Å²) in [5.74, 6) is 1.80. The van der Waals surface area contributed by atoms with Crippen LogP contribution in [0, 0.1) is 0 Å². The molecule has 4 heterocycles. The van der Waals surface area contributed by atoms with Crippen molar-refractivity contribution in [2.24, 2.45) is 0 Å². The van der Waals surface area contributed by atoms with Crippen molar-refractivity contribution in [1.82, 2.24) is 29.9 Å². The minimum Gasteiger partial charge on any atom is -0.323 e. The highest BCUT2D eigenvalue weighted by Crippen LogP contribution is 2.24. The second-order valence-electron chi connectivity index (χ2n) is 8.09. The van der Waals surface area contributed by atoms with E-state index in [1.54, 1.807) is 23.3 Å². The minimum atomic E-state index is -2.97. The second-order valence-corrected chi connectivity index (χ2v) is 10.3. The zero-order valence-corrected chi connectivity index (χ0v) is 19.0. The SMILES string of the molecule is CC(C)c1cnnc(Nc2ccc3ncc(-c4cnn(CCCS(C)(=O)=O)c4)cc3n2)c1. The van der Waals surface area contributed by atoms with Crippen LogP contribution in [0.5, 0.6) is 0 Å². The molecule has 0 saturated heterocycles. The summed E-state index contributed by atoms with van der Waals surface area (Å²) in [6.07, 6.45) is 8.95. The molecule has 0 spiro atoms. The zero-order valence-electron chi connectivity index (χ0n) is 18.2. The highest BCUT2D eigenvalue weighted by Gasteiger charge is 2.08. The maximum Gasteiger partial charge on any atom is 0.154 e. The fraction of sp³-hybridized carbons (Fsp3) is 0.318. The molecule has 4 aromatic heterocycles. The van der Waals surface area contributed by atoms with Gasteiger partial charge >= 0.3 is 0 Å². The number of nitrogens with zero attached hydrogens (tertiary/aromatic N) is 6. The van der Waals surface area contributed by atoms with Crippen molar-refractivity contribution in [2.45, 2.75) is 32.7 Å². The molecule has 9 nitrogen and oxygen atoms in total. The van der Waals surface area contributed by atoms with Gasteiger partial charge < -0.3 is 5.32 Å². The molecule has 4 rings (SSSR count). The molecule has 32 heavy (non-hydrogen) atoms. The molecule has 1 N–H and O–H groups in total. The normalized spacial score (nSPS) is 11.9. The molecule has 0 atom stereocenters. The van der Waals surface area contributed by atoms with Crippen molar-refractivity contribution >= 4 is 32.5 Å². The lowest BCUT2D eigenvalue weighted by atomic mass is 10.1. The standard InChI is InChI=1S/C22H25N7O2S/c1-15(2)16-10-22(28-24-12-16)27-21-6-5-19-20(26-21)9-17(11-23-19)18-13-25-29(14-18)7-4-8-32(3,30)31/h5-6,9-15H,4,7-8H2,1-3H3,(H,26,27,28). The van der Waals surface area contributed by atoms with E-state index in [2.05, 4.69) is 44.4 Å². The number of sulfone groups is 1. The van der Waals surface area contributed by atoms with Crippen LogP contribution in [-0.4, -0.2) is 50.4 Å². The molecule has 0 saturated carbocycles. The van der Waals surface area contributed by atoms with Gasteiger partial charge in [0.25, 0.3) is 0 Å². The number of nitrogens with one attached hydrogen (secondary N) is 1. The van der Waals surface area contributed by atoms with Gasteiger partial charge in [-0.15, -0.1) is 5.10 Å². The lowest BCUT2D eigenvalue weighted by molar-refractivity contribution is 0.576. The Bertz CT molecular complexity index is 1350. The molecule has 0 aromatic carbocycles. The Kier molecular flexibility index (Phi) is 6.13. The average molecular weight is 452 g/mol. The van der Waals surface area contributed by atoms with E-state index >= 15 is 0 Å². The minimum absolute atomic E-state index is 0.143. The first-order valence-electron chi connectivity index (χ1n) is 10.3. The molecule has 0 unspecified atom stereocenters. The first-order chi connectivity index (χ1) is 15.3. The molecule has 0 aliphatic rings. The van der Waals surface area contributed by atoms with Crippen molar-refractivity contribution in [1.29, 1.82) is 0 Å². The molecular weight excluding hydrogens is 426 g/mol. The molecule has 0 aliphatic carbocycles. The van der Waals surface area contributed by atoms with Crippen LogP contribution >= 0.6 is 0 Å². The monoisotopic (exact) mass is 451 g/mol. The number of hydrogen-bond donors (Lipinski definition) is 1. The largest absolute Gasteiger partial charge is 0.323 e. The predicted octanol–water partition coefficient (Wildman–Crippen LogP) is 3.59. The van der Waals surface area contributed by atoms with E-state index in [1.807, 2.05) is 30.5 Å². The Labute approximate surface area is 186 Å². The van der Waals surface area contributed by atoms with Gasteiger partial charge in [-0.3, -0.25) is 9.67 Å². The average Bonchev–Trinajstić information content (AvgIpc) is 3.21. The van der Waals surface area contributed by atoms with E-state index in [0.717, 1.165) is 27.7 Å². The number of anilines is 2. The Morgan fingerprint density at radius 1 is 1.03 bits per heavy atom. The van der Waals surface area contributed by atoms with Crippen LogP contribution < -0.4 is 5.32 Å². The second kappa shape index (κ2) is 8.99. The summed E-state index contributed by atoms with van der Waals surface area (Å²) in [5, 5.41) is 15.7. The van der Waals surface area contributed by atoms with Crippen molar-refractivity contribution in [3.8, 4) is 11.1 Å². The van der Waals surface area contributed by atoms with Crippen LogP contribution in [0.3, 0.4) is 0 Å². The molecule has 0 amide bonds. The van der Waals surface area contributed by atoms with E-state index < -0.39 is 9.84 Å². The highest BCUT2D eigenvalue weighted by atomic mass is 32.2. The summed E-state index contributed by atoms with van der Waals surface area (Å²) >= 11 is 0. The number of pyridine rings is 2. The van der Waals surface area contributed by atoms with Gasteiger partial charge in [-0.25, -0.2) is 13.4 Å². The van der Waals surface area contributed by atoms with Gasteiger partial charge in [0.15, 0.2) is 5.82 Å². The Hall–Kier alpha value is -3.40. The van der Waals surface area contributed by atoms with Gasteiger partial charge in [-0.05, 0) is 42.2 Å². The third-order valence-corrected chi connectivity index (χ3v) is 6.03. The Balaban J connectivity index is 1.53. The smallest absolute Gasteiger partial charge is 0.154 e. The quantitative estimate of drug-likeness (QED) is 0.432. The molecule has 10 heteroatoms. The van der Waals surface area contributed by atoms with Gasteiger partial charge in [0.2, 0.25) is 0 Å². The topological polar surface area (TPSA) is 116 Å². The van der Waals surface area contributed by atoms with Crippen LogP contribution in [-0.2, 0) is 16.4 Å². The third-order valence-electron chi connectivity index (χ3n) is 5.00. The highest BCUT2D eigenvalue weighted by molar-refractivity contribution is 7.90. The number of fused-ring (bicyclic) bond motifs is 1. The van der Waals surface area contributed by atoms with Crippen LogP contribution in [0.1, 0.15) is 31.7 Å². The molecule has 4 aromatic rings. The number of rotatable bonds is 8. The molecule has 166 valence electrons. The lowest BCUT2D eigenvalue weighted by Crippen LogP contribution is -2.07. The van der Waals surface area contributed by atoms with Crippen molar-refractivity contribution in [3.05, 3.63) is 54.6 Å². The van der Waals surface area contributed by atoms with E-state index in [1.165, 1.54) is 6.26 Å². The number of aromatic nitrogens is 6. The molecule has 0 aliphatic heterocycles. The molecule has 0 fully saturated rings. The summed E-state index contributed by atoms with van der Waals surface area (Å²) in [5.41, 5.74) is 4.40. The van der Waals surface area contributed by atoms with Crippen LogP contribution in [0.25, 0.3) is 22.2 Å². The lowest BCUT2D eigenvalue weighted by Gasteiger charge is -2.09. The maximum absolute atomic E-state index is 11.3. The van der Waals surface area contributed by atoms with Crippen molar-refractivity contribution in [2.75, 3.05) is 17.3 Å². The van der Waals surface area contributed by atoms with E-state index in [-0.39, 0.29) is 5.75 Å².